The third-order valence-electron chi connectivity index (χ3n) is 22.4. The molecule has 0 saturated heterocycles. The molecule has 19 rings (SSSR count). The Morgan fingerprint density at radius 2 is 0.653 bits per heavy atom. The number of nitrogens with zero attached hydrogens (tertiary/aromatic N) is 5. The minimum atomic E-state index is -0.390. The molecule has 7 heterocycles. The molecule has 0 unspecified atom stereocenters. The van der Waals surface area contributed by atoms with Crippen LogP contribution in [0.5, 0.6) is 11.5 Å². The number of ether oxygens (including phenoxy) is 2. The molecule has 7 aliphatic heterocycles. The summed E-state index contributed by atoms with van der Waals surface area (Å²) in [5.74, 6) is 1.38. The molecule has 101 heavy (non-hydrogen) atoms. The second-order valence-electron chi connectivity index (χ2n) is 32.8. The first kappa shape index (κ1) is 61.2. The Hall–Kier alpha value is -10.9. The van der Waals surface area contributed by atoms with Crippen LogP contribution in [0, 0.1) is 0 Å². The van der Waals surface area contributed by atoms with Crippen LogP contribution in [0.4, 0.5) is 85.3 Å². The first-order valence-corrected chi connectivity index (χ1v) is 35.9. The van der Waals surface area contributed by atoms with Crippen LogP contribution in [0.25, 0.3) is 0 Å². The summed E-state index contributed by atoms with van der Waals surface area (Å²) in [6, 6.07) is 89.8. The molecule has 0 saturated carbocycles. The number of fused-ring (bicyclic) bond motifs is 10. The Morgan fingerprint density at radius 1 is 0.317 bits per heavy atom. The molecule has 0 radical (unpaired) electrons. The zero-order valence-corrected chi connectivity index (χ0v) is 59.5. The Balaban J connectivity index is 0.962. The maximum absolute atomic E-state index is 15.3. The topological polar surface area (TPSA) is 51.7 Å². The first-order chi connectivity index (χ1) is 48.6. The maximum atomic E-state index is 15.3. The van der Waals surface area contributed by atoms with Gasteiger partial charge in [-0.05, 0) is 196 Å². The summed E-state index contributed by atoms with van der Waals surface area (Å²) in [5, 5.41) is 0. The first-order valence-electron chi connectivity index (χ1n) is 35.9. The molecule has 0 N–H and O–H groups in total. The lowest BCUT2D eigenvalue weighted by molar-refractivity contribution is 0.0472. The van der Waals surface area contributed by atoms with Crippen molar-refractivity contribution in [3.8, 4) is 11.5 Å². The molecule has 0 amide bonds. The van der Waals surface area contributed by atoms with Gasteiger partial charge in [0.05, 0.1) is 16.9 Å². The highest BCUT2D eigenvalue weighted by Crippen LogP contribution is 2.58. The van der Waals surface area contributed by atoms with E-state index in [2.05, 4.69) is 320 Å². The van der Waals surface area contributed by atoms with E-state index in [1.54, 1.807) is 0 Å². The normalized spacial score (nSPS) is 14.5. The maximum Gasteiger partial charge on any atom is 0.338 e. The van der Waals surface area contributed by atoms with E-state index in [-0.39, 0.29) is 54.4 Å². The Morgan fingerprint density at radius 3 is 1.05 bits per heavy atom. The van der Waals surface area contributed by atoms with Crippen LogP contribution in [-0.2, 0) is 33.0 Å². The number of hydrogen-bond acceptors (Lipinski definition) is 8. The lowest BCUT2D eigenvalue weighted by Crippen LogP contribution is -2.70. The highest BCUT2D eigenvalue weighted by Gasteiger charge is 2.56. The van der Waals surface area contributed by atoms with Crippen LogP contribution in [0.1, 0.15) is 121 Å². The monoisotopic (exact) mass is 1310 g/mol. The van der Waals surface area contributed by atoms with E-state index < -0.39 is 0 Å². The Bertz CT molecular complexity index is 5500. The molecule has 8 nitrogen and oxygen atoms in total. The van der Waals surface area contributed by atoms with Gasteiger partial charge in [0.15, 0.2) is 11.5 Å². The fourth-order valence-corrected chi connectivity index (χ4v) is 17.5. The fraction of sp³-hybridized carbons (Fsp3) is 0.189. The van der Waals surface area contributed by atoms with E-state index in [1.165, 1.54) is 77.3 Å². The molecular formula is C90H78B3N5O3. The molecule has 490 valence electrons. The molecule has 0 spiro atoms. The summed E-state index contributed by atoms with van der Waals surface area (Å²) in [7, 11) is 0. The number of carbonyl (C=O) groups is 1. The zero-order valence-electron chi connectivity index (χ0n) is 59.5. The van der Waals surface area contributed by atoms with Crippen molar-refractivity contribution in [3.63, 3.8) is 0 Å². The molecule has 12 aromatic rings. The van der Waals surface area contributed by atoms with Crippen LogP contribution in [0.15, 0.2) is 243 Å². The smallest absolute Gasteiger partial charge is 0.338 e. The van der Waals surface area contributed by atoms with E-state index in [4.69, 9.17) is 9.47 Å². The lowest BCUT2D eigenvalue weighted by Gasteiger charge is -2.53. The third kappa shape index (κ3) is 9.13. The summed E-state index contributed by atoms with van der Waals surface area (Å²) in [6.07, 6.45) is 0. The molecular weight excluding hydrogens is 1230 g/mol. The van der Waals surface area contributed by atoms with Crippen molar-refractivity contribution >= 4 is 161 Å². The van der Waals surface area contributed by atoms with Crippen molar-refractivity contribution in [3.05, 3.63) is 276 Å². The second kappa shape index (κ2) is 21.6. The van der Waals surface area contributed by atoms with Gasteiger partial charge >= 0.3 is 5.97 Å². The summed E-state index contributed by atoms with van der Waals surface area (Å²) < 4.78 is 14.1. The van der Waals surface area contributed by atoms with Crippen LogP contribution < -0.4 is 78.4 Å². The van der Waals surface area contributed by atoms with Gasteiger partial charge < -0.3 is 34.0 Å². The summed E-state index contributed by atoms with van der Waals surface area (Å²) in [6.45, 7) is 27.4. The van der Waals surface area contributed by atoms with E-state index >= 15 is 4.79 Å². The van der Waals surface area contributed by atoms with Crippen molar-refractivity contribution in [2.75, 3.05) is 24.5 Å². The van der Waals surface area contributed by atoms with Gasteiger partial charge in [0.25, 0.3) is 20.1 Å². The number of rotatable bonds is 7. The zero-order chi connectivity index (χ0) is 69.1. The summed E-state index contributed by atoms with van der Waals surface area (Å²) in [5.41, 5.74) is 32.8. The molecule has 11 heteroatoms. The average Bonchev–Trinajstić information content (AvgIpc) is 0.658. The SMILES string of the molecule is CC(C)(C)c1ccc2c(c1)B1c3cc4c(cc3N(c3ccccc3)c3cc(C(=O)OCc5ccccc5)cc(c31)N2c1ccccc1)N(c1ccccc1)c1cc2c3c5c1B4c1cc(C(C)(C)C)cc4c1N5c1c(cc(C(C)(C)C)cc1B3c1cc(C(C)(C)C)ccc1N2c1ccccc1)O4. The van der Waals surface area contributed by atoms with Gasteiger partial charge in [-0.2, -0.15) is 0 Å². The van der Waals surface area contributed by atoms with Gasteiger partial charge in [-0.25, -0.2) is 4.79 Å². The van der Waals surface area contributed by atoms with Crippen LogP contribution in [0.2, 0.25) is 0 Å². The number of hydrogen-bond donors (Lipinski definition) is 0. The van der Waals surface area contributed by atoms with Crippen molar-refractivity contribution in [1.29, 1.82) is 0 Å². The minimum Gasteiger partial charge on any atom is -0.457 e. The van der Waals surface area contributed by atoms with Crippen LogP contribution >= 0.6 is 0 Å². The van der Waals surface area contributed by atoms with Crippen molar-refractivity contribution in [1.82, 2.24) is 0 Å². The molecule has 0 aromatic heterocycles. The number of anilines is 15. The minimum absolute atomic E-state index is 0.128. The van der Waals surface area contributed by atoms with Gasteiger partial charge in [0, 0.05) is 73.9 Å². The lowest BCUT2D eigenvalue weighted by atomic mass is 9.27. The largest absolute Gasteiger partial charge is 0.457 e. The molecule has 12 aromatic carbocycles. The Labute approximate surface area is 594 Å². The van der Waals surface area contributed by atoms with E-state index in [9.17, 15) is 0 Å². The number of para-hydroxylation sites is 4. The number of benzene rings is 12. The van der Waals surface area contributed by atoms with Gasteiger partial charge in [-0.1, -0.05) is 229 Å². The molecule has 0 bridgehead atoms. The van der Waals surface area contributed by atoms with E-state index in [0.29, 0.717) is 5.56 Å². The van der Waals surface area contributed by atoms with E-state index in [0.717, 1.165) is 96.5 Å². The van der Waals surface area contributed by atoms with Gasteiger partial charge in [-0.15, -0.1) is 0 Å². The van der Waals surface area contributed by atoms with Crippen molar-refractivity contribution in [2.24, 2.45) is 0 Å². The van der Waals surface area contributed by atoms with Crippen LogP contribution in [-0.4, -0.2) is 26.1 Å². The Kier molecular flexibility index (Phi) is 13.1. The van der Waals surface area contributed by atoms with E-state index in [1.807, 2.05) is 30.3 Å². The quantitative estimate of drug-likeness (QED) is 0.116. The summed E-state index contributed by atoms with van der Waals surface area (Å²) >= 11 is 0. The van der Waals surface area contributed by atoms with Crippen molar-refractivity contribution in [2.45, 2.75) is 111 Å². The predicted molar refractivity (Wildman–Crippen MR) is 424 cm³/mol. The number of esters is 1. The second-order valence-corrected chi connectivity index (χ2v) is 32.8. The molecule has 7 aliphatic rings. The highest BCUT2D eigenvalue weighted by atomic mass is 16.5. The average molecular weight is 1310 g/mol. The summed E-state index contributed by atoms with van der Waals surface area (Å²) in [4.78, 5) is 28.0. The van der Waals surface area contributed by atoms with Gasteiger partial charge in [-0.3, -0.25) is 0 Å². The van der Waals surface area contributed by atoms with Gasteiger partial charge in [0.2, 0.25) is 0 Å². The van der Waals surface area contributed by atoms with Gasteiger partial charge in [0.1, 0.15) is 6.61 Å². The predicted octanol–water partition coefficient (Wildman–Crippen LogP) is 17.1. The molecule has 0 aliphatic carbocycles. The highest BCUT2D eigenvalue weighted by molar-refractivity contribution is 7.06. The van der Waals surface area contributed by atoms with Crippen molar-refractivity contribution < 1.29 is 14.3 Å². The number of carbonyl (C=O) groups excluding carboxylic acids is 1. The third-order valence-corrected chi connectivity index (χ3v) is 22.4. The fourth-order valence-electron chi connectivity index (χ4n) is 17.5. The molecule has 0 fully saturated rings. The van der Waals surface area contributed by atoms with Crippen LogP contribution in [0.3, 0.4) is 0 Å². The molecule has 0 atom stereocenters. The standard InChI is InChI=1S/C90H78B3N5O3/c1-87(2,3)56-38-40-70-64(44-56)91-66-50-67-73(51-72(66)96(62-34-24-16-25-35-62)75-43-55(86(99)100-53-54-28-18-13-19-29-54)42-74(80(75)91)94(70)60-30-20-14-21-31-60)97(63-36-26-17-27-37-63)77-52-76-81-85-82(77)93(67)69-47-59(90(10,11)12)49-79-84(69)98(85)83-68(46-58(89(7,8)9)48-78(83)101-79)92(81)65-45-57(88(4,5)6)39-41-71(65)95(76)61-32-22-15-23-33-61/h13-52H,53H2,1-12H3.